The SMILES string of the molecule is COc1cccc(OCCOc2cccc3ccc(C)nc23)c1. The quantitative estimate of drug-likeness (QED) is 0.645. The van der Waals surface area contributed by atoms with E-state index in [1.54, 1.807) is 7.11 Å². The van der Waals surface area contributed by atoms with E-state index in [1.165, 1.54) is 0 Å². The van der Waals surface area contributed by atoms with Crippen LogP contribution in [0.1, 0.15) is 5.69 Å². The van der Waals surface area contributed by atoms with Crippen LogP contribution >= 0.6 is 0 Å². The molecular formula is C19H19NO3. The lowest BCUT2D eigenvalue weighted by Crippen LogP contribution is -2.09. The van der Waals surface area contributed by atoms with Crippen molar-refractivity contribution in [2.75, 3.05) is 20.3 Å². The van der Waals surface area contributed by atoms with Gasteiger partial charge in [-0.3, -0.25) is 0 Å². The first-order valence-corrected chi connectivity index (χ1v) is 7.52. The molecule has 0 unspecified atom stereocenters. The highest BCUT2D eigenvalue weighted by Gasteiger charge is 2.04. The van der Waals surface area contributed by atoms with Crippen molar-refractivity contribution >= 4 is 10.9 Å². The third-order valence-electron chi connectivity index (χ3n) is 3.47. The Labute approximate surface area is 135 Å². The second-order valence-corrected chi connectivity index (χ2v) is 5.16. The molecule has 23 heavy (non-hydrogen) atoms. The second-order valence-electron chi connectivity index (χ2n) is 5.16. The van der Waals surface area contributed by atoms with Crippen LogP contribution in [0.3, 0.4) is 0 Å². The molecule has 0 saturated carbocycles. The first-order valence-electron chi connectivity index (χ1n) is 7.52. The summed E-state index contributed by atoms with van der Waals surface area (Å²) in [5, 5.41) is 1.07. The molecule has 0 aliphatic rings. The van der Waals surface area contributed by atoms with Crippen LogP contribution in [0.5, 0.6) is 17.2 Å². The highest BCUT2D eigenvalue weighted by molar-refractivity contribution is 5.84. The van der Waals surface area contributed by atoms with Gasteiger partial charge in [-0.2, -0.15) is 0 Å². The maximum atomic E-state index is 5.83. The summed E-state index contributed by atoms with van der Waals surface area (Å²) in [5.41, 5.74) is 1.86. The number of methoxy groups -OCH3 is 1. The average Bonchev–Trinajstić information content (AvgIpc) is 2.59. The molecule has 4 heteroatoms. The number of para-hydroxylation sites is 1. The van der Waals surface area contributed by atoms with Crippen LogP contribution in [0.2, 0.25) is 0 Å². The largest absolute Gasteiger partial charge is 0.497 e. The smallest absolute Gasteiger partial charge is 0.145 e. The van der Waals surface area contributed by atoms with Gasteiger partial charge < -0.3 is 14.2 Å². The number of fused-ring (bicyclic) bond motifs is 1. The number of nitrogens with zero attached hydrogens (tertiary/aromatic N) is 1. The summed E-state index contributed by atoms with van der Waals surface area (Å²) in [6, 6.07) is 17.5. The van der Waals surface area contributed by atoms with Crippen molar-refractivity contribution in [3.8, 4) is 17.2 Å². The number of ether oxygens (including phenoxy) is 3. The summed E-state index contributed by atoms with van der Waals surface area (Å²) in [7, 11) is 1.64. The van der Waals surface area contributed by atoms with Crippen LogP contribution in [-0.2, 0) is 0 Å². The lowest BCUT2D eigenvalue weighted by Gasteiger charge is -2.11. The van der Waals surface area contributed by atoms with Gasteiger partial charge >= 0.3 is 0 Å². The van der Waals surface area contributed by atoms with E-state index in [1.807, 2.05) is 55.5 Å². The van der Waals surface area contributed by atoms with E-state index in [4.69, 9.17) is 14.2 Å². The van der Waals surface area contributed by atoms with E-state index in [2.05, 4.69) is 11.1 Å². The molecule has 0 bridgehead atoms. The maximum Gasteiger partial charge on any atom is 0.145 e. The van der Waals surface area contributed by atoms with E-state index in [9.17, 15) is 0 Å². The number of hydrogen-bond donors (Lipinski definition) is 0. The van der Waals surface area contributed by atoms with Crippen molar-refractivity contribution in [3.05, 3.63) is 60.3 Å². The Balaban J connectivity index is 1.61. The van der Waals surface area contributed by atoms with Crippen LogP contribution in [0, 0.1) is 6.92 Å². The van der Waals surface area contributed by atoms with Gasteiger partial charge in [0, 0.05) is 17.1 Å². The molecule has 0 amide bonds. The van der Waals surface area contributed by atoms with Gasteiger partial charge in [-0.1, -0.05) is 24.3 Å². The van der Waals surface area contributed by atoms with Crippen LogP contribution in [0.25, 0.3) is 10.9 Å². The van der Waals surface area contributed by atoms with E-state index in [-0.39, 0.29) is 0 Å². The lowest BCUT2D eigenvalue weighted by molar-refractivity contribution is 0.218. The molecule has 0 fully saturated rings. The molecule has 0 atom stereocenters. The minimum absolute atomic E-state index is 0.450. The molecule has 0 spiro atoms. The molecule has 2 aromatic carbocycles. The summed E-state index contributed by atoms with van der Waals surface area (Å²) < 4.78 is 16.7. The Morgan fingerprint density at radius 3 is 2.52 bits per heavy atom. The number of hydrogen-bond acceptors (Lipinski definition) is 4. The number of benzene rings is 2. The van der Waals surface area contributed by atoms with Crippen LogP contribution < -0.4 is 14.2 Å². The fraction of sp³-hybridized carbons (Fsp3) is 0.211. The molecule has 118 valence electrons. The normalized spacial score (nSPS) is 10.5. The molecule has 0 aliphatic carbocycles. The van der Waals surface area contributed by atoms with Gasteiger partial charge in [-0.05, 0) is 31.2 Å². The van der Waals surface area contributed by atoms with Gasteiger partial charge in [-0.25, -0.2) is 4.98 Å². The predicted molar refractivity (Wildman–Crippen MR) is 90.5 cm³/mol. The molecule has 0 aliphatic heterocycles. The Kier molecular flexibility index (Phi) is 4.62. The van der Waals surface area contributed by atoms with Crippen molar-refractivity contribution in [2.24, 2.45) is 0 Å². The standard InChI is InChI=1S/C19H19NO3/c1-14-9-10-15-5-3-8-18(19(15)20-14)23-12-11-22-17-7-4-6-16(13-17)21-2/h3-10,13H,11-12H2,1-2H3. The Morgan fingerprint density at radius 2 is 1.65 bits per heavy atom. The van der Waals surface area contributed by atoms with Crippen LogP contribution in [-0.4, -0.2) is 25.3 Å². The highest BCUT2D eigenvalue weighted by Crippen LogP contribution is 2.24. The zero-order chi connectivity index (χ0) is 16.1. The monoisotopic (exact) mass is 309 g/mol. The minimum atomic E-state index is 0.450. The Morgan fingerprint density at radius 1 is 0.870 bits per heavy atom. The third kappa shape index (κ3) is 3.72. The van der Waals surface area contributed by atoms with Crippen molar-refractivity contribution < 1.29 is 14.2 Å². The minimum Gasteiger partial charge on any atom is -0.497 e. The van der Waals surface area contributed by atoms with Crippen LogP contribution in [0.4, 0.5) is 0 Å². The van der Waals surface area contributed by atoms with Gasteiger partial charge in [0.2, 0.25) is 0 Å². The van der Waals surface area contributed by atoms with Gasteiger partial charge in [-0.15, -0.1) is 0 Å². The Hall–Kier alpha value is -2.75. The molecule has 0 N–H and O–H groups in total. The molecule has 3 aromatic rings. The highest BCUT2D eigenvalue weighted by atomic mass is 16.5. The fourth-order valence-corrected chi connectivity index (χ4v) is 2.34. The van der Waals surface area contributed by atoms with E-state index >= 15 is 0 Å². The zero-order valence-electron chi connectivity index (χ0n) is 13.3. The topological polar surface area (TPSA) is 40.6 Å². The number of aromatic nitrogens is 1. The molecule has 4 nitrogen and oxygen atoms in total. The van der Waals surface area contributed by atoms with Crippen molar-refractivity contribution in [2.45, 2.75) is 6.92 Å². The first kappa shape index (κ1) is 15.2. The predicted octanol–water partition coefficient (Wildman–Crippen LogP) is 4.01. The zero-order valence-corrected chi connectivity index (χ0v) is 13.3. The lowest BCUT2D eigenvalue weighted by atomic mass is 10.2. The van der Waals surface area contributed by atoms with E-state index < -0.39 is 0 Å². The summed E-state index contributed by atoms with van der Waals surface area (Å²) >= 11 is 0. The molecule has 0 saturated heterocycles. The fourth-order valence-electron chi connectivity index (χ4n) is 2.34. The maximum absolute atomic E-state index is 5.83. The van der Waals surface area contributed by atoms with E-state index in [0.717, 1.165) is 33.8 Å². The van der Waals surface area contributed by atoms with Crippen LogP contribution in [0.15, 0.2) is 54.6 Å². The summed E-state index contributed by atoms with van der Waals surface area (Å²) in [6.45, 7) is 2.88. The number of aryl methyl sites for hydroxylation is 1. The van der Waals surface area contributed by atoms with Gasteiger partial charge in [0.1, 0.15) is 36.0 Å². The van der Waals surface area contributed by atoms with E-state index in [0.29, 0.717) is 13.2 Å². The Bertz CT molecular complexity index is 801. The summed E-state index contributed by atoms with van der Waals surface area (Å²) in [5.74, 6) is 2.32. The number of rotatable bonds is 6. The van der Waals surface area contributed by atoms with Gasteiger partial charge in [0.25, 0.3) is 0 Å². The second kappa shape index (κ2) is 7.01. The third-order valence-corrected chi connectivity index (χ3v) is 3.47. The molecule has 1 aromatic heterocycles. The molecule has 3 rings (SSSR count). The van der Waals surface area contributed by atoms with Crippen molar-refractivity contribution in [1.82, 2.24) is 4.98 Å². The summed E-state index contributed by atoms with van der Waals surface area (Å²) in [4.78, 5) is 4.55. The molecular weight excluding hydrogens is 290 g/mol. The van der Waals surface area contributed by atoms with Crippen molar-refractivity contribution in [3.63, 3.8) is 0 Å². The number of pyridine rings is 1. The first-order chi connectivity index (χ1) is 11.3. The summed E-state index contributed by atoms with van der Waals surface area (Å²) in [6.07, 6.45) is 0. The van der Waals surface area contributed by atoms with Crippen molar-refractivity contribution in [1.29, 1.82) is 0 Å². The molecule has 1 heterocycles. The molecule has 0 radical (unpaired) electrons. The average molecular weight is 309 g/mol. The van der Waals surface area contributed by atoms with Gasteiger partial charge in [0.05, 0.1) is 7.11 Å². The van der Waals surface area contributed by atoms with Gasteiger partial charge in [0.15, 0.2) is 0 Å².